The summed E-state index contributed by atoms with van der Waals surface area (Å²) in [5.74, 6) is 5.53. The zero-order valence-corrected chi connectivity index (χ0v) is 19.1. The van der Waals surface area contributed by atoms with Crippen molar-refractivity contribution < 1.29 is 0 Å². The van der Waals surface area contributed by atoms with E-state index in [0.29, 0.717) is 37.9 Å². The summed E-state index contributed by atoms with van der Waals surface area (Å²) in [4.78, 5) is 0. The van der Waals surface area contributed by atoms with Crippen LogP contribution in [0, 0.1) is 73.4 Å². The van der Waals surface area contributed by atoms with E-state index in [2.05, 4.69) is 69.2 Å². The molecule has 1 spiro atoms. The molecule has 0 aromatic rings. The molecule has 11 aliphatic rings. The van der Waals surface area contributed by atoms with Gasteiger partial charge in [-0.1, -0.05) is 69.2 Å². The van der Waals surface area contributed by atoms with Crippen molar-refractivity contribution in [1.82, 2.24) is 0 Å². The minimum atomic E-state index is 0.527. The van der Waals surface area contributed by atoms with Crippen LogP contribution in [0.2, 0.25) is 0 Å². The maximum atomic E-state index is 2.78. The highest BCUT2D eigenvalue weighted by Crippen LogP contribution is 3.07. The van der Waals surface area contributed by atoms with E-state index < -0.39 is 0 Å². The van der Waals surface area contributed by atoms with Gasteiger partial charge in [0.25, 0.3) is 0 Å². The van der Waals surface area contributed by atoms with Crippen LogP contribution in [0.15, 0.2) is 0 Å². The van der Waals surface area contributed by atoms with Crippen LogP contribution in [-0.4, -0.2) is 0 Å². The second-order valence-corrected chi connectivity index (χ2v) is 14.1. The molecule has 12 atom stereocenters. The predicted molar refractivity (Wildman–Crippen MR) is 109 cm³/mol. The van der Waals surface area contributed by atoms with Crippen molar-refractivity contribution in [2.75, 3.05) is 0 Å². The van der Waals surface area contributed by atoms with Crippen molar-refractivity contribution in [2.24, 2.45) is 73.4 Å². The van der Waals surface area contributed by atoms with Gasteiger partial charge in [0.2, 0.25) is 0 Å². The quantitative estimate of drug-likeness (QED) is 0.474. The molecule has 0 aromatic heterocycles. The average molecular weight is 355 g/mol. The number of rotatable bonds is 1. The Labute approximate surface area is 162 Å². The van der Waals surface area contributed by atoms with Crippen LogP contribution in [0.5, 0.6) is 0 Å². The summed E-state index contributed by atoms with van der Waals surface area (Å²) in [7, 11) is 0. The van der Waals surface area contributed by atoms with E-state index >= 15 is 0 Å². The van der Waals surface area contributed by atoms with E-state index in [4.69, 9.17) is 0 Å². The number of hydrogen-bond acceptors (Lipinski definition) is 0. The molecule has 0 radical (unpaired) electrons. The van der Waals surface area contributed by atoms with Crippen molar-refractivity contribution in [2.45, 2.75) is 88.5 Å². The highest BCUT2D eigenvalue weighted by molar-refractivity contribution is 5.50. The fourth-order valence-corrected chi connectivity index (χ4v) is 14.2. The summed E-state index contributed by atoms with van der Waals surface area (Å²) in [5, 5.41) is 0. The minimum Gasteiger partial charge on any atom is -0.0625 e. The Morgan fingerprint density at radius 2 is 1.38 bits per heavy atom. The van der Waals surface area contributed by atoms with Crippen molar-refractivity contribution >= 4 is 0 Å². The number of hydrogen-bond donors (Lipinski definition) is 0. The molecule has 0 saturated heterocycles. The van der Waals surface area contributed by atoms with Gasteiger partial charge in [-0.15, -0.1) is 0 Å². The smallest absolute Gasteiger partial charge is 0.0149 e. The Kier molecular flexibility index (Phi) is 2.36. The molecule has 12 unspecified atom stereocenters. The van der Waals surface area contributed by atoms with Crippen LogP contribution < -0.4 is 0 Å². The van der Waals surface area contributed by atoms with Crippen LogP contribution in [0.4, 0.5) is 0 Å². The Balaban J connectivity index is 1.68. The molecule has 0 N–H and O–H groups in total. The molecule has 0 amide bonds. The second-order valence-electron chi connectivity index (χ2n) is 14.1. The Morgan fingerprint density at radius 3 is 1.96 bits per heavy atom. The average Bonchev–Trinajstić information content (AvgIpc) is 2.55. The van der Waals surface area contributed by atoms with Crippen LogP contribution in [-0.2, 0) is 0 Å². The first kappa shape index (κ1) is 16.9. The molecule has 146 valence electrons. The summed E-state index contributed by atoms with van der Waals surface area (Å²) < 4.78 is 0. The zero-order chi connectivity index (χ0) is 19.1. The molecular weight excluding hydrogens is 312 g/mol. The normalized spacial score (nSPS) is 77.4. The molecule has 11 saturated carbocycles. The van der Waals surface area contributed by atoms with Crippen molar-refractivity contribution in [3.63, 3.8) is 0 Å². The molecule has 0 nitrogen and oxygen atoms in total. The third-order valence-electron chi connectivity index (χ3n) is 14.4. The Hall–Kier alpha value is 0. The molecule has 11 fully saturated rings. The predicted octanol–water partition coefficient (Wildman–Crippen LogP) is 7.04. The van der Waals surface area contributed by atoms with Gasteiger partial charge in [-0.25, -0.2) is 0 Å². The van der Waals surface area contributed by atoms with Gasteiger partial charge in [0, 0.05) is 0 Å². The lowest BCUT2D eigenvalue weighted by Gasteiger charge is -3.04. The fraction of sp³-hybridized carbons (Fsp3) is 1.00. The monoisotopic (exact) mass is 354 g/mol. The van der Waals surface area contributed by atoms with Crippen LogP contribution in [0.3, 0.4) is 0 Å². The summed E-state index contributed by atoms with van der Waals surface area (Å²) >= 11 is 0. The first-order chi connectivity index (χ1) is 11.7. The van der Waals surface area contributed by atoms with E-state index in [1.807, 2.05) is 0 Å². The van der Waals surface area contributed by atoms with Gasteiger partial charge in [-0.3, -0.25) is 0 Å². The van der Waals surface area contributed by atoms with Crippen molar-refractivity contribution in [3.05, 3.63) is 0 Å². The molecule has 11 rings (SSSR count). The fourth-order valence-electron chi connectivity index (χ4n) is 14.2. The van der Waals surface area contributed by atoms with Gasteiger partial charge in [0.1, 0.15) is 0 Å². The largest absolute Gasteiger partial charge is 0.0625 e. The van der Waals surface area contributed by atoms with Crippen LogP contribution in [0.25, 0.3) is 0 Å². The maximum Gasteiger partial charge on any atom is -0.0149 e. The minimum absolute atomic E-state index is 0.527. The van der Waals surface area contributed by atoms with E-state index in [-0.39, 0.29) is 0 Å². The highest BCUT2D eigenvalue weighted by Gasteiger charge is 3.03. The summed E-state index contributed by atoms with van der Waals surface area (Å²) in [5.41, 5.74) is 4.16. The van der Waals surface area contributed by atoms with Gasteiger partial charge in [-0.2, -0.15) is 0 Å². The summed E-state index contributed by atoms with van der Waals surface area (Å²) in [6, 6.07) is 0. The molecule has 9 bridgehead atoms. The molecule has 11 aliphatic carbocycles. The molecule has 0 heterocycles. The topological polar surface area (TPSA) is 0 Å². The van der Waals surface area contributed by atoms with E-state index in [0.717, 1.165) is 35.5 Å². The first-order valence-electron chi connectivity index (χ1n) is 11.7. The van der Waals surface area contributed by atoms with Gasteiger partial charge < -0.3 is 0 Å². The maximum absolute atomic E-state index is 2.78. The molecule has 26 heavy (non-hydrogen) atoms. The highest BCUT2D eigenvalue weighted by atomic mass is 15.1. The van der Waals surface area contributed by atoms with E-state index in [9.17, 15) is 0 Å². The standard InChI is InChI=1S/C26H42/c1-14(2)17-15(3)22(7)16(4)18-19-24(9,23(18,22)8)25(10)21(6)11-20(17,5)12-26(19,25)13-21/h14-19H,11-13H2,1-10H3. The van der Waals surface area contributed by atoms with Gasteiger partial charge in [0.15, 0.2) is 0 Å². The zero-order valence-electron chi connectivity index (χ0n) is 19.1. The molecular formula is C26H42. The van der Waals surface area contributed by atoms with Crippen molar-refractivity contribution in [3.8, 4) is 0 Å². The molecule has 0 aliphatic heterocycles. The van der Waals surface area contributed by atoms with Gasteiger partial charge >= 0.3 is 0 Å². The van der Waals surface area contributed by atoms with Gasteiger partial charge in [0.05, 0.1) is 0 Å². The van der Waals surface area contributed by atoms with Crippen LogP contribution in [0.1, 0.15) is 88.5 Å². The second kappa shape index (κ2) is 3.63. The lowest BCUT2D eigenvalue weighted by Crippen LogP contribution is -3.00. The Morgan fingerprint density at radius 1 is 0.769 bits per heavy atom. The molecule has 0 heteroatoms. The summed E-state index contributed by atoms with van der Waals surface area (Å²) in [6.45, 7) is 27.0. The first-order valence-corrected chi connectivity index (χ1v) is 11.7. The lowest BCUT2D eigenvalue weighted by molar-refractivity contribution is -0.577. The van der Waals surface area contributed by atoms with Crippen molar-refractivity contribution in [1.29, 1.82) is 0 Å². The van der Waals surface area contributed by atoms with Crippen LogP contribution >= 0.6 is 0 Å². The Bertz CT molecular complexity index is 751. The van der Waals surface area contributed by atoms with E-state index in [1.165, 1.54) is 6.42 Å². The molecule has 0 aromatic carbocycles. The summed E-state index contributed by atoms with van der Waals surface area (Å²) in [6.07, 6.45) is 4.61. The third-order valence-corrected chi connectivity index (χ3v) is 14.4. The third kappa shape index (κ3) is 0.960. The lowest BCUT2D eigenvalue weighted by atomic mass is 8.99. The SMILES string of the molecule is CC(C)C1C(C)C2(C)C(C)C3C4C56CC1(C)CC(C)(C5)C6(C)C4(C)C32C. The van der Waals surface area contributed by atoms with E-state index in [1.54, 1.807) is 12.8 Å². The van der Waals surface area contributed by atoms with Gasteiger partial charge in [-0.05, 0) is 92.7 Å².